The van der Waals surface area contributed by atoms with Gasteiger partial charge in [-0.15, -0.1) is 0 Å². The monoisotopic (exact) mass is 397 g/mol. The third-order valence-electron chi connectivity index (χ3n) is 5.38. The summed E-state index contributed by atoms with van der Waals surface area (Å²) in [6, 6.07) is 21.0. The summed E-state index contributed by atoms with van der Waals surface area (Å²) in [6.07, 6.45) is 3.61. The fourth-order valence-corrected chi connectivity index (χ4v) is 3.79. The molecule has 0 saturated carbocycles. The molecule has 29 heavy (non-hydrogen) atoms. The van der Waals surface area contributed by atoms with Crippen molar-refractivity contribution in [1.82, 2.24) is 4.90 Å². The zero-order valence-corrected chi connectivity index (χ0v) is 18.8. The Labute approximate surface area is 178 Å². The first-order chi connectivity index (χ1) is 14.1. The number of nitrogens with zero attached hydrogens (tertiary/aromatic N) is 1. The van der Waals surface area contributed by atoms with Crippen molar-refractivity contribution in [3.63, 3.8) is 0 Å². The number of hydrogen-bond donors (Lipinski definition) is 0. The Bertz CT molecular complexity index is 613. The van der Waals surface area contributed by atoms with Crippen LogP contribution in [0.1, 0.15) is 58.1 Å². The third-order valence-corrected chi connectivity index (χ3v) is 5.38. The Morgan fingerprint density at radius 3 is 1.83 bits per heavy atom. The summed E-state index contributed by atoms with van der Waals surface area (Å²) < 4.78 is 12.8. The van der Waals surface area contributed by atoms with Crippen LogP contribution in [0.25, 0.3) is 0 Å². The summed E-state index contributed by atoms with van der Waals surface area (Å²) in [5.74, 6) is 0. The van der Waals surface area contributed by atoms with E-state index in [1.165, 1.54) is 19.4 Å². The van der Waals surface area contributed by atoms with Crippen LogP contribution in [0.4, 0.5) is 0 Å². The van der Waals surface area contributed by atoms with Gasteiger partial charge in [-0.1, -0.05) is 74.5 Å². The molecular weight excluding hydrogens is 358 g/mol. The fourth-order valence-electron chi connectivity index (χ4n) is 3.79. The zero-order chi connectivity index (χ0) is 21.0. The van der Waals surface area contributed by atoms with Gasteiger partial charge in [0.1, 0.15) is 5.60 Å². The molecule has 0 N–H and O–H groups in total. The molecule has 0 saturated heterocycles. The minimum Gasteiger partial charge on any atom is -0.378 e. The summed E-state index contributed by atoms with van der Waals surface area (Å²) in [6.45, 7) is 13.4. The Hall–Kier alpha value is -1.68. The van der Waals surface area contributed by atoms with Gasteiger partial charge < -0.3 is 14.4 Å². The molecule has 0 fully saturated rings. The average Bonchev–Trinajstić information content (AvgIpc) is 2.76. The van der Waals surface area contributed by atoms with E-state index in [0.29, 0.717) is 6.61 Å². The SMILES string of the molecule is CCN(CC)CCCCCOCC(OC(C)C)(c1ccccc1)c1ccccc1. The number of unbranched alkanes of at least 4 members (excludes halogenated alkanes) is 2. The summed E-state index contributed by atoms with van der Waals surface area (Å²) >= 11 is 0. The molecule has 3 heteroatoms. The van der Waals surface area contributed by atoms with Crippen molar-refractivity contribution in [2.75, 3.05) is 32.8 Å². The second kappa shape index (κ2) is 12.8. The van der Waals surface area contributed by atoms with Gasteiger partial charge in [-0.25, -0.2) is 0 Å². The maximum atomic E-state index is 6.57. The topological polar surface area (TPSA) is 21.7 Å². The largest absolute Gasteiger partial charge is 0.378 e. The molecular formula is C26H39NO2. The number of benzene rings is 2. The molecule has 160 valence electrons. The summed E-state index contributed by atoms with van der Waals surface area (Å²) in [4.78, 5) is 2.48. The Kier molecular flexibility index (Phi) is 10.4. The molecule has 2 aromatic carbocycles. The quantitative estimate of drug-likeness (QED) is 0.371. The first kappa shape index (κ1) is 23.6. The fraction of sp³-hybridized carbons (Fsp3) is 0.538. The highest BCUT2D eigenvalue weighted by Crippen LogP contribution is 2.35. The van der Waals surface area contributed by atoms with E-state index in [4.69, 9.17) is 9.47 Å². The molecule has 0 aliphatic rings. The second-order valence-corrected chi connectivity index (χ2v) is 7.87. The standard InChI is InChI=1S/C26H39NO2/c1-5-27(6-2)20-14-9-15-21-28-22-26(29-23(3)4,24-16-10-7-11-17-24)25-18-12-8-13-19-25/h7-8,10-13,16-19,23H,5-6,9,14-15,20-22H2,1-4H3. The molecule has 0 radical (unpaired) electrons. The predicted octanol–water partition coefficient (Wildman–Crippen LogP) is 5.88. The highest BCUT2D eigenvalue weighted by Gasteiger charge is 2.36. The van der Waals surface area contributed by atoms with Crippen LogP contribution in [0.2, 0.25) is 0 Å². The van der Waals surface area contributed by atoms with Gasteiger partial charge in [0.25, 0.3) is 0 Å². The van der Waals surface area contributed by atoms with E-state index in [1.807, 2.05) is 12.1 Å². The van der Waals surface area contributed by atoms with Gasteiger partial charge in [-0.2, -0.15) is 0 Å². The molecule has 0 aromatic heterocycles. The third kappa shape index (κ3) is 7.26. The maximum Gasteiger partial charge on any atom is 0.142 e. The van der Waals surface area contributed by atoms with E-state index in [-0.39, 0.29) is 6.10 Å². The number of hydrogen-bond acceptors (Lipinski definition) is 3. The van der Waals surface area contributed by atoms with E-state index < -0.39 is 5.60 Å². The normalized spacial score (nSPS) is 12.1. The van der Waals surface area contributed by atoms with Gasteiger partial charge in [0, 0.05) is 6.61 Å². The van der Waals surface area contributed by atoms with Crippen LogP contribution in [0.15, 0.2) is 60.7 Å². The van der Waals surface area contributed by atoms with E-state index in [0.717, 1.165) is 37.2 Å². The zero-order valence-electron chi connectivity index (χ0n) is 18.8. The lowest BCUT2D eigenvalue weighted by atomic mass is 9.86. The summed E-state index contributed by atoms with van der Waals surface area (Å²) in [5, 5.41) is 0. The Morgan fingerprint density at radius 2 is 1.34 bits per heavy atom. The first-order valence-corrected chi connectivity index (χ1v) is 11.2. The molecule has 0 atom stereocenters. The Morgan fingerprint density at radius 1 is 0.793 bits per heavy atom. The maximum absolute atomic E-state index is 6.57. The molecule has 0 aliphatic heterocycles. The van der Waals surface area contributed by atoms with Crippen molar-refractivity contribution in [3.05, 3.63) is 71.8 Å². The molecule has 0 heterocycles. The molecule has 0 spiro atoms. The highest BCUT2D eigenvalue weighted by atomic mass is 16.5. The van der Waals surface area contributed by atoms with Crippen LogP contribution in [0.3, 0.4) is 0 Å². The smallest absolute Gasteiger partial charge is 0.142 e. The first-order valence-electron chi connectivity index (χ1n) is 11.2. The van der Waals surface area contributed by atoms with Gasteiger partial charge in [-0.3, -0.25) is 0 Å². The highest BCUT2D eigenvalue weighted by molar-refractivity contribution is 5.36. The van der Waals surface area contributed by atoms with Crippen LogP contribution >= 0.6 is 0 Å². The number of rotatable bonds is 14. The van der Waals surface area contributed by atoms with Crippen LogP contribution in [0, 0.1) is 0 Å². The lowest BCUT2D eigenvalue weighted by Gasteiger charge is -2.36. The van der Waals surface area contributed by atoms with E-state index in [1.54, 1.807) is 0 Å². The second-order valence-electron chi connectivity index (χ2n) is 7.87. The molecule has 2 aromatic rings. The van der Waals surface area contributed by atoms with Crippen LogP contribution in [0.5, 0.6) is 0 Å². The van der Waals surface area contributed by atoms with Crippen molar-refractivity contribution in [3.8, 4) is 0 Å². The minimum atomic E-state index is -0.585. The number of ether oxygens (including phenoxy) is 2. The van der Waals surface area contributed by atoms with Crippen LogP contribution in [-0.2, 0) is 15.1 Å². The van der Waals surface area contributed by atoms with Crippen molar-refractivity contribution >= 4 is 0 Å². The lowest BCUT2D eigenvalue weighted by molar-refractivity contribution is -0.104. The Balaban J connectivity index is 2.03. The average molecular weight is 398 g/mol. The van der Waals surface area contributed by atoms with E-state index in [2.05, 4.69) is 81.1 Å². The van der Waals surface area contributed by atoms with Gasteiger partial charge in [0.15, 0.2) is 0 Å². The molecule has 3 nitrogen and oxygen atoms in total. The van der Waals surface area contributed by atoms with Crippen molar-refractivity contribution < 1.29 is 9.47 Å². The van der Waals surface area contributed by atoms with Crippen molar-refractivity contribution in [2.45, 2.75) is 58.7 Å². The predicted molar refractivity (Wildman–Crippen MR) is 122 cm³/mol. The van der Waals surface area contributed by atoms with Crippen molar-refractivity contribution in [2.24, 2.45) is 0 Å². The summed E-state index contributed by atoms with van der Waals surface area (Å²) in [5.41, 5.74) is 1.70. The van der Waals surface area contributed by atoms with Crippen molar-refractivity contribution in [1.29, 1.82) is 0 Å². The summed E-state index contributed by atoms with van der Waals surface area (Å²) in [7, 11) is 0. The molecule has 0 unspecified atom stereocenters. The van der Waals surface area contributed by atoms with Gasteiger partial charge in [-0.05, 0) is 63.9 Å². The van der Waals surface area contributed by atoms with Gasteiger partial charge in [0.05, 0.1) is 12.7 Å². The minimum absolute atomic E-state index is 0.0908. The lowest BCUT2D eigenvalue weighted by Crippen LogP contribution is -2.39. The van der Waals surface area contributed by atoms with Gasteiger partial charge in [0.2, 0.25) is 0 Å². The van der Waals surface area contributed by atoms with E-state index in [9.17, 15) is 0 Å². The molecule has 0 amide bonds. The molecule has 0 bridgehead atoms. The molecule has 0 aliphatic carbocycles. The van der Waals surface area contributed by atoms with Gasteiger partial charge >= 0.3 is 0 Å². The molecule has 2 rings (SSSR count). The van der Waals surface area contributed by atoms with E-state index >= 15 is 0 Å². The van der Waals surface area contributed by atoms with Crippen LogP contribution in [-0.4, -0.2) is 43.9 Å². The van der Waals surface area contributed by atoms with Crippen LogP contribution < -0.4 is 0 Å².